The molecule has 0 unspecified atom stereocenters. The Morgan fingerprint density at radius 2 is 1.73 bits per heavy atom. The highest BCUT2D eigenvalue weighted by molar-refractivity contribution is 5.94. The summed E-state index contributed by atoms with van der Waals surface area (Å²) >= 11 is 0. The van der Waals surface area contributed by atoms with E-state index in [4.69, 9.17) is 0 Å². The molecule has 0 radical (unpaired) electrons. The van der Waals surface area contributed by atoms with Gasteiger partial charge in [0.1, 0.15) is 14.1 Å². The number of pyridine rings is 1. The van der Waals surface area contributed by atoms with Gasteiger partial charge in [-0.3, -0.25) is 0 Å². The first-order valence-electron chi connectivity index (χ1n) is 4.96. The summed E-state index contributed by atoms with van der Waals surface area (Å²) in [5.41, 5.74) is 1.13. The van der Waals surface area contributed by atoms with Crippen molar-refractivity contribution in [2.75, 3.05) is 28.2 Å². The van der Waals surface area contributed by atoms with Gasteiger partial charge in [-0.25, -0.2) is 4.58 Å². The lowest BCUT2D eigenvalue weighted by Gasteiger charge is -2.03. The summed E-state index contributed by atoms with van der Waals surface area (Å²) in [7, 11) is 8.08. The van der Waals surface area contributed by atoms with E-state index in [1.54, 1.807) is 0 Å². The summed E-state index contributed by atoms with van der Waals surface area (Å²) in [5.74, 6) is 0. The minimum atomic E-state index is 1.13. The second-order valence-electron chi connectivity index (χ2n) is 3.89. The zero-order valence-electron chi connectivity index (χ0n) is 9.88. The molecule has 0 aliphatic heterocycles. The fourth-order valence-electron chi connectivity index (χ4n) is 1.27. The predicted molar refractivity (Wildman–Crippen MR) is 62.8 cm³/mol. The highest BCUT2D eigenvalue weighted by Crippen LogP contribution is 1.91. The Balaban J connectivity index is 3.08. The average molecular weight is 205 g/mol. The third-order valence-electron chi connectivity index (χ3n) is 1.79. The fraction of sp³-hybridized carbons (Fsp3) is 0.333. The Morgan fingerprint density at radius 3 is 2.20 bits per heavy atom. The van der Waals surface area contributed by atoms with Gasteiger partial charge in [0.2, 0.25) is 6.21 Å². The molecule has 1 aromatic heterocycles. The predicted octanol–water partition coefficient (Wildman–Crippen LogP) is 0.677. The summed E-state index contributed by atoms with van der Waals surface area (Å²) in [4.78, 5) is 2.04. The van der Waals surface area contributed by atoms with Gasteiger partial charge in [0, 0.05) is 26.2 Å². The topological polar surface area (TPSA) is 10.1 Å². The molecule has 3 heteroatoms. The van der Waals surface area contributed by atoms with Crippen LogP contribution in [0.3, 0.4) is 0 Å². The van der Waals surface area contributed by atoms with Crippen molar-refractivity contribution in [1.82, 2.24) is 4.90 Å². The number of hydrogen-bond acceptors (Lipinski definition) is 1. The maximum atomic E-state index is 2.08. The van der Waals surface area contributed by atoms with Crippen LogP contribution >= 0.6 is 0 Å². The van der Waals surface area contributed by atoms with Gasteiger partial charge in [-0.1, -0.05) is 6.07 Å². The minimum absolute atomic E-state index is 1.13. The smallest absolute Gasteiger partial charge is 0.290 e. The summed E-state index contributed by atoms with van der Waals surface area (Å²) in [6, 6.07) is 6.06. The Labute approximate surface area is 91.6 Å². The first kappa shape index (κ1) is 11.4. The van der Waals surface area contributed by atoms with Crippen molar-refractivity contribution < 1.29 is 9.14 Å². The van der Waals surface area contributed by atoms with E-state index in [0.717, 1.165) is 5.70 Å². The van der Waals surface area contributed by atoms with E-state index in [-0.39, 0.29) is 0 Å². The molecule has 15 heavy (non-hydrogen) atoms. The van der Waals surface area contributed by atoms with E-state index < -0.39 is 0 Å². The van der Waals surface area contributed by atoms with Crippen LogP contribution in [0, 0.1) is 0 Å². The first-order valence-corrected chi connectivity index (χ1v) is 4.96. The van der Waals surface area contributed by atoms with Crippen LogP contribution in [0.25, 0.3) is 5.70 Å². The van der Waals surface area contributed by atoms with E-state index in [0.29, 0.717) is 0 Å². The lowest BCUT2D eigenvalue weighted by atomic mass is 10.4. The van der Waals surface area contributed by atoms with Gasteiger partial charge < -0.3 is 4.90 Å². The fourth-order valence-corrected chi connectivity index (χ4v) is 1.27. The lowest BCUT2D eigenvalue weighted by molar-refractivity contribution is -0.580. The number of nitrogens with zero attached hydrogens (tertiary/aromatic N) is 3. The van der Waals surface area contributed by atoms with Crippen molar-refractivity contribution in [3.63, 3.8) is 0 Å². The Kier molecular flexibility index (Phi) is 4.03. The van der Waals surface area contributed by atoms with Crippen LogP contribution in [0.1, 0.15) is 0 Å². The van der Waals surface area contributed by atoms with Gasteiger partial charge in [-0.05, 0) is 0 Å². The minimum Gasteiger partial charge on any atom is -0.378 e. The molecule has 0 spiro atoms. The van der Waals surface area contributed by atoms with Crippen molar-refractivity contribution in [3.05, 3.63) is 36.8 Å². The number of aromatic nitrogens is 1. The van der Waals surface area contributed by atoms with Crippen LogP contribution in [-0.4, -0.2) is 43.9 Å². The van der Waals surface area contributed by atoms with E-state index in [1.165, 1.54) is 0 Å². The molecule has 0 saturated heterocycles. The third-order valence-corrected chi connectivity index (χ3v) is 1.79. The normalized spacial score (nSPS) is 11.1. The molecular formula is C12H19N3+2. The number of allylic oxidation sites excluding steroid dienone is 1. The number of hydrogen-bond donors (Lipinski definition) is 0. The molecule has 0 aliphatic rings. The molecule has 1 heterocycles. The molecule has 0 aliphatic carbocycles. The number of rotatable bonds is 3. The first-order chi connectivity index (χ1) is 7.09. The molecule has 0 bridgehead atoms. The van der Waals surface area contributed by atoms with Crippen LogP contribution in [0.5, 0.6) is 0 Å². The van der Waals surface area contributed by atoms with Crippen molar-refractivity contribution in [2.24, 2.45) is 0 Å². The highest BCUT2D eigenvalue weighted by atomic mass is 15.1. The monoisotopic (exact) mass is 205 g/mol. The Morgan fingerprint density at radius 1 is 1.13 bits per heavy atom. The van der Waals surface area contributed by atoms with Gasteiger partial charge >= 0.3 is 0 Å². The molecule has 0 aromatic carbocycles. The summed E-state index contributed by atoms with van der Waals surface area (Å²) in [6.45, 7) is 0. The molecule has 3 nitrogen and oxygen atoms in total. The Bertz CT molecular complexity index is 360. The van der Waals surface area contributed by atoms with E-state index in [2.05, 4.69) is 17.0 Å². The van der Waals surface area contributed by atoms with E-state index in [1.807, 2.05) is 68.3 Å². The molecule has 1 rings (SSSR count). The van der Waals surface area contributed by atoms with Crippen molar-refractivity contribution in [2.45, 2.75) is 0 Å². The van der Waals surface area contributed by atoms with Gasteiger partial charge in [-0.15, -0.1) is 0 Å². The van der Waals surface area contributed by atoms with Crippen LogP contribution in [0.2, 0.25) is 0 Å². The summed E-state index contributed by atoms with van der Waals surface area (Å²) in [6.07, 6.45) is 8.24. The quantitative estimate of drug-likeness (QED) is 0.521. The van der Waals surface area contributed by atoms with E-state index in [9.17, 15) is 0 Å². The standard InChI is InChI=1S/C12H19N3/c1-13(2)10-12(11-14(3)4)15-8-6-5-7-9-15/h5-11H,1-4H3/q+2. The van der Waals surface area contributed by atoms with Crippen molar-refractivity contribution in [3.8, 4) is 0 Å². The largest absolute Gasteiger partial charge is 0.378 e. The molecule has 0 amide bonds. The van der Waals surface area contributed by atoms with Crippen LogP contribution in [0.15, 0.2) is 36.8 Å². The van der Waals surface area contributed by atoms with Gasteiger partial charge in [0.25, 0.3) is 5.70 Å². The molecule has 0 saturated carbocycles. The van der Waals surface area contributed by atoms with Crippen LogP contribution in [-0.2, 0) is 0 Å². The highest BCUT2D eigenvalue weighted by Gasteiger charge is 2.10. The Hall–Kier alpha value is -1.64. The molecule has 0 N–H and O–H groups in total. The molecule has 0 atom stereocenters. The SMILES string of the molecule is CN(C)/C=C(/C=[N+](C)C)[n+]1ccccc1. The molecule has 0 fully saturated rings. The van der Waals surface area contributed by atoms with Crippen molar-refractivity contribution >= 4 is 11.9 Å². The second kappa shape index (κ2) is 5.29. The maximum absolute atomic E-state index is 2.08. The molecular weight excluding hydrogens is 186 g/mol. The zero-order valence-corrected chi connectivity index (χ0v) is 9.88. The molecule has 1 aromatic rings. The second-order valence-corrected chi connectivity index (χ2v) is 3.89. The van der Waals surface area contributed by atoms with Gasteiger partial charge in [-0.2, -0.15) is 4.57 Å². The summed E-state index contributed by atoms with van der Waals surface area (Å²) in [5, 5.41) is 0. The summed E-state index contributed by atoms with van der Waals surface area (Å²) < 4.78 is 4.12. The maximum Gasteiger partial charge on any atom is 0.290 e. The van der Waals surface area contributed by atoms with E-state index >= 15 is 0 Å². The third kappa shape index (κ3) is 3.94. The van der Waals surface area contributed by atoms with Gasteiger partial charge in [0.05, 0.1) is 6.20 Å². The lowest BCUT2D eigenvalue weighted by Crippen LogP contribution is -2.34. The van der Waals surface area contributed by atoms with Gasteiger partial charge in [0.15, 0.2) is 12.4 Å². The average Bonchev–Trinajstić information content (AvgIpc) is 2.17. The zero-order chi connectivity index (χ0) is 11.3. The van der Waals surface area contributed by atoms with Crippen LogP contribution in [0.4, 0.5) is 0 Å². The molecule has 80 valence electrons. The van der Waals surface area contributed by atoms with Crippen molar-refractivity contribution in [1.29, 1.82) is 0 Å². The van der Waals surface area contributed by atoms with Crippen LogP contribution < -0.4 is 4.57 Å².